The molecule has 2 unspecified atom stereocenters. The first-order valence-electron chi connectivity index (χ1n) is 5.67. The van der Waals surface area contributed by atoms with E-state index in [0.29, 0.717) is 19.3 Å². The number of amides is 2. The minimum absolute atomic E-state index is 0.112. The maximum Gasteiger partial charge on any atom is 0.330 e. The Kier molecular flexibility index (Phi) is 1.74. The van der Waals surface area contributed by atoms with E-state index >= 15 is 0 Å². The zero-order chi connectivity index (χ0) is 11.5. The molecule has 3 rings (SSSR count). The number of hydrogen-bond donors (Lipinski definition) is 1. The van der Waals surface area contributed by atoms with Gasteiger partial charge in [-0.15, -0.1) is 0 Å². The fraction of sp³-hybridized carbons (Fsp3) is 0.727. The van der Waals surface area contributed by atoms with E-state index in [2.05, 4.69) is 0 Å². The lowest BCUT2D eigenvalue weighted by Crippen LogP contribution is -2.56. The molecule has 0 radical (unpaired) electrons. The predicted octanol–water partition coefficient (Wildman–Crippen LogP) is 0.389. The summed E-state index contributed by atoms with van der Waals surface area (Å²) in [5, 5.41) is 9.14. The van der Waals surface area contributed by atoms with E-state index in [9.17, 15) is 14.4 Å². The highest BCUT2D eigenvalue weighted by atomic mass is 16.4. The lowest BCUT2D eigenvalue weighted by molar-refractivity contribution is -0.165. The number of hydrogen-bond acceptors (Lipinski definition) is 3. The fourth-order valence-electron chi connectivity index (χ4n) is 2.98. The van der Waals surface area contributed by atoms with E-state index in [1.54, 1.807) is 0 Å². The van der Waals surface area contributed by atoms with Crippen LogP contribution in [0.1, 0.15) is 32.1 Å². The van der Waals surface area contributed by atoms with Crippen molar-refractivity contribution in [1.29, 1.82) is 0 Å². The summed E-state index contributed by atoms with van der Waals surface area (Å²) in [6.45, 7) is 0. The molecule has 0 spiro atoms. The second-order valence-electron chi connectivity index (χ2n) is 5.06. The zero-order valence-electron chi connectivity index (χ0n) is 8.81. The lowest BCUT2D eigenvalue weighted by atomic mass is 9.95. The Balaban J connectivity index is 1.98. The number of carboxylic acid groups (broad SMARTS) is 1. The molecule has 0 aromatic carbocycles. The van der Waals surface area contributed by atoms with Gasteiger partial charge in [0.2, 0.25) is 11.8 Å². The van der Waals surface area contributed by atoms with Gasteiger partial charge in [0.1, 0.15) is 5.54 Å². The number of nitrogens with zero attached hydrogens (tertiary/aromatic N) is 1. The minimum atomic E-state index is -1.19. The van der Waals surface area contributed by atoms with E-state index in [4.69, 9.17) is 5.11 Å². The van der Waals surface area contributed by atoms with Gasteiger partial charge in [0.05, 0.1) is 0 Å². The second-order valence-corrected chi connectivity index (χ2v) is 5.06. The van der Waals surface area contributed by atoms with Crippen molar-refractivity contribution >= 4 is 17.8 Å². The Morgan fingerprint density at radius 2 is 1.69 bits per heavy atom. The van der Waals surface area contributed by atoms with Crippen molar-refractivity contribution in [3.8, 4) is 0 Å². The van der Waals surface area contributed by atoms with Crippen LogP contribution in [0.25, 0.3) is 0 Å². The van der Waals surface area contributed by atoms with Crippen molar-refractivity contribution < 1.29 is 19.5 Å². The Morgan fingerprint density at radius 1 is 1.19 bits per heavy atom. The number of rotatable bonds is 2. The first-order chi connectivity index (χ1) is 7.56. The molecule has 1 heterocycles. The topological polar surface area (TPSA) is 74.7 Å². The van der Waals surface area contributed by atoms with Crippen molar-refractivity contribution in [1.82, 2.24) is 4.90 Å². The zero-order valence-corrected chi connectivity index (χ0v) is 8.81. The van der Waals surface area contributed by atoms with Gasteiger partial charge in [-0.2, -0.15) is 0 Å². The predicted molar refractivity (Wildman–Crippen MR) is 52.3 cm³/mol. The van der Waals surface area contributed by atoms with Crippen molar-refractivity contribution in [2.45, 2.75) is 37.6 Å². The lowest BCUT2D eigenvalue weighted by Gasteiger charge is -2.34. The average Bonchev–Trinajstić information content (AvgIpc) is 2.91. The first kappa shape index (κ1) is 9.81. The number of fused-ring (bicyclic) bond motifs is 2. The molecule has 3 aliphatic rings. The second kappa shape index (κ2) is 2.84. The summed E-state index contributed by atoms with van der Waals surface area (Å²) in [5.41, 5.74) is -1.19. The Labute approximate surface area is 92.4 Å². The van der Waals surface area contributed by atoms with Gasteiger partial charge in [0.25, 0.3) is 0 Å². The molecule has 2 saturated carbocycles. The molecule has 0 aromatic heterocycles. The van der Waals surface area contributed by atoms with Crippen LogP contribution in [0.15, 0.2) is 0 Å². The van der Waals surface area contributed by atoms with E-state index in [0.717, 1.165) is 17.7 Å². The molecule has 0 aromatic rings. The van der Waals surface area contributed by atoms with Crippen LogP contribution in [-0.2, 0) is 14.4 Å². The summed E-state index contributed by atoms with van der Waals surface area (Å²) < 4.78 is 0. The van der Waals surface area contributed by atoms with Crippen LogP contribution in [0.2, 0.25) is 0 Å². The number of carbonyl (C=O) groups is 3. The Hall–Kier alpha value is -1.39. The molecule has 86 valence electrons. The summed E-state index contributed by atoms with van der Waals surface area (Å²) in [6.07, 6.45) is 2.94. The standard InChI is InChI=1S/C11H13NO4/c13-8-6-1-2-7(5-6)9(14)12(8)11(3-4-11)10(15)16/h6-7H,1-5H2,(H,15,16). The smallest absolute Gasteiger partial charge is 0.330 e. The van der Waals surface area contributed by atoms with Gasteiger partial charge in [-0.25, -0.2) is 4.79 Å². The van der Waals surface area contributed by atoms with Crippen molar-refractivity contribution in [2.24, 2.45) is 11.8 Å². The molecule has 5 nitrogen and oxygen atoms in total. The number of likely N-dealkylation sites (tertiary alicyclic amines) is 1. The van der Waals surface area contributed by atoms with Crippen LogP contribution in [0.5, 0.6) is 0 Å². The van der Waals surface area contributed by atoms with Crippen LogP contribution in [0.3, 0.4) is 0 Å². The van der Waals surface area contributed by atoms with E-state index < -0.39 is 11.5 Å². The maximum absolute atomic E-state index is 12.0. The third-order valence-electron chi connectivity index (χ3n) is 4.12. The van der Waals surface area contributed by atoms with Gasteiger partial charge in [-0.1, -0.05) is 0 Å². The molecule has 16 heavy (non-hydrogen) atoms. The number of aliphatic carboxylic acids is 1. The SMILES string of the molecule is O=C1C2CCC(C2)C(=O)N1C1(C(=O)O)CC1. The first-order valence-corrected chi connectivity index (χ1v) is 5.67. The summed E-state index contributed by atoms with van der Waals surface area (Å²) in [6, 6.07) is 0. The summed E-state index contributed by atoms with van der Waals surface area (Å²) >= 11 is 0. The van der Waals surface area contributed by atoms with E-state index in [1.807, 2.05) is 0 Å². The number of carbonyl (C=O) groups excluding carboxylic acids is 2. The summed E-state index contributed by atoms with van der Waals surface area (Å²) in [4.78, 5) is 36.3. The fourth-order valence-corrected chi connectivity index (χ4v) is 2.98. The molecule has 5 heteroatoms. The normalized spacial score (nSPS) is 35.4. The number of imide groups is 1. The molecule has 1 N–H and O–H groups in total. The van der Waals surface area contributed by atoms with Crippen LogP contribution in [-0.4, -0.2) is 33.3 Å². The quantitative estimate of drug-likeness (QED) is 0.687. The number of piperidine rings is 1. The molecule has 1 saturated heterocycles. The summed E-state index contributed by atoms with van der Waals surface area (Å²) in [5.74, 6) is -1.76. The minimum Gasteiger partial charge on any atom is -0.479 e. The number of carboxylic acids is 1. The third kappa shape index (κ3) is 1.03. The van der Waals surface area contributed by atoms with Gasteiger partial charge in [-0.05, 0) is 32.1 Å². The highest BCUT2D eigenvalue weighted by Gasteiger charge is 2.63. The molecular weight excluding hydrogens is 210 g/mol. The largest absolute Gasteiger partial charge is 0.479 e. The molecule has 2 bridgehead atoms. The molecule has 2 atom stereocenters. The van der Waals surface area contributed by atoms with E-state index in [-0.39, 0.29) is 23.7 Å². The van der Waals surface area contributed by atoms with Crippen molar-refractivity contribution in [2.75, 3.05) is 0 Å². The third-order valence-corrected chi connectivity index (χ3v) is 4.12. The van der Waals surface area contributed by atoms with Crippen LogP contribution >= 0.6 is 0 Å². The average molecular weight is 223 g/mol. The maximum atomic E-state index is 12.0. The molecule has 2 aliphatic carbocycles. The molecule has 3 fully saturated rings. The molecule has 1 aliphatic heterocycles. The highest BCUT2D eigenvalue weighted by molar-refractivity contribution is 6.06. The molecule has 2 amide bonds. The van der Waals surface area contributed by atoms with Crippen LogP contribution in [0.4, 0.5) is 0 Å². The highest BCUT2D eigenvalue weighted by Crippen LogP contribution is 2.49. The van der Waals surface area contributed by atoms with Gasteiger partial charge >= 0.3 is 5.97 Å². The van der Waals surface area contributed by atoms with Crippen molar-refractivity contribution in [3.63, 3.8) is 0 Å². The van der Waals surface area contributed by atoms with E-state index in [1.165, 1.54) is 0 Å². The molecular formula is C11H13NO4. The van der Waals surface area contributed by atoms with Crippen LogP contribution < -0.4 is 0 Å². The monoisotopic (exact) mass is 223 g/mol. The van der Waals surface area contributed by atoms with Crippen LogP contribution in [0, 0.1) is 11.8 Å². The Morgan fingerprint density at radius 3 is 2.06 bits per heavy atom. The van der Waals surface area contributed by atoms with Gasteiger partial charge < -0.3 is 5.11 Å². The Bertz CT molecular complexity index is 377. The van der Waals surface area contributed by atoms with Gasteiger partial charge in [0.15, 0.2) is 0 Å². The summed E-state index contributed by atoms with van der Waals surface area (Å²) in [7, 11) is 0. The van der Waals surface area contributed by atoms with Gasteiger partial charge in [0, 0.05) is 11.8 Å². The van der Waals surface area contributed by atoms with Crippen molar-refractivity contribution in [3.05, 3.63) is 0 Å². The van der Waals surface area contributed by atoms with Gasteiger partial charge in [-0.3, -0.25) is 14.5 Å².